The zero-order valence-electron chi connectivity index (χ0n) is 21.7. The van der Waals surface area contributed by atoms with Gasteiger partial charge in [0.25, 0.3) is 5.91 Å². The zero-order valence-corrected chi connectivity index (χ0v) is 21.7. The second-order valence-corrected chi connectivity index (χ2v) is 8.66. The van der Waals surface area contributed by atoms with Gasteiger partial charge in [-0.3, -0.25) is 24.2 Å². The van der Waals surface area contributed by atoms with Crippen LogP contribution in [0.4, 0.5) is 0 Å². The molecule has 0 saturated carbocycles. The van der Waals surface area contributed by atoms with Gasteiger partial charge in [-0.2, -0.15) is 0 Å². The van der Waals surface area contributed by atoms with E-state index < -0.39 is 11.8 Å². The number of aromatic nitrogens is 1. The summed E-state index contributed by atoms with van der Waals surface area (Å²) in [5.74, 6) is -0.633. The number of hydrogen-bond donors (Lipinski definition) is 3. The van der Waals surface area contributed by atoms with Crippen LogP contribution >= 0.6 is 0 Å². The Bertz CT molecular complexity index is 1180. The molecule has 0 unspecified atom stereocenters. The Morgan fingerprint density at radius 3 is 2.61 bits per heavy atom. The number of nitrogens with one attached hydrogen (secondary N) is 3. The van der Waals surface area contributed by atoms with E-state index in [1.807, 2.05) is 30.3 Å². The van der Waals surface area contributed by atoms with Gasteiger partial charge in [0.05, 0.1) is 20.4 Å². The summed E-state index contributed by atoms with van der Waals surface area (Å²) in [6.07, 6.45) is 4.87. The Hall–Kier alpha value is -4.18. The van der Waals surface area contributed by atoms with E-state index in [0.29, 0.717) is 23.6 Å². The number of amides is 3. The molecule has 0 aliphatic rings. The fraction of sp³-hybridized carbons (Fsp3) is 0.357. The standard InChI is InChI=1S/C28H34N4O6/c1-3-4-6-11-21(16-26(33)32-37-18-20-9-7-5-8-10-20)27(34)30-19-31-28(35)25-13-12-24(38-25)23-17-22(36-2)14-15-29-23/h5,7-10,12-15,17,21H,3-4,6,11,16,18-19H2,1-2H3,(H,30,34)(H,31,35)(H,32,33)/t21-/m1/s1. The Morgan fingerprint density at radius 1 is 1.03 bits per heavy atom. The van der Waals surface area contributed by atoms with Gasteiger partial charge in [-0.15, -0.1) is 0 Å². The van der Waals surface area contributed by atoms with Crippen LogP contribution in [-0.4, -0.2) is 36.5 Å². The van der Waals surface area contributed by atoms with Crippen molar-refractivity contribution >= 4 is 17.7 Å². The minimum atomic E-state index is -0.548. The summed E-state index contributed by atoms with van der Waals surface area (Å²) in [5, 5.41) is 5.30. The van der Waals surface area contributed by atoms with E-state index in [4.69, 9.17) is 14.0 Å². The highest BCUT2D eigenvalue weighted by molar-refractivity contribution is 5.92. The number of hydroxylamine groups is 1. The summed E-state index contributed by atoms with van der Waals surface area (Å²) in [7, 11) is 1.55. The van der Waals surface area contributed by atoms with Gasteiger partial charge < -0.3 is 19.8 Å². The summed E-state index contributed by atoms with van der Waals surface area (Å²) in [6, 6.07) is 16.0. The van der Waals surface area contributed by atoms with E-state index in [0.717, 1.165) is 24.8 Å². The lowest BCUT2D eigenvalue weighted by Crippen LogP contribution is -2.41. The number of hydrogen-bond acceptors (Lipinski definition) is 7. The predicted octanol–water partition coefficient (Wildman–Crippen LogP) is 3.99. The zero-order chi connectivity index (χ0) is 27.2. The van der Waals surface area contributed by atoms with Crippen molar-refractivity contribution in [2.75, 3.05) is 13.8 Å². The smallest absolute Gasteiger partial charge is 0.288 e. The van der Waals surface area contributed by atoms with Crippen LogP contribution in [0.5, 0.6) is 5.75 Å². The quantitative estimate of drug-likeness (QED) is 0.156. The van der Waals surface area contributed by atoms with Crippen LogP contribution in [0.25, 0.3) is 11.5 Å². The minimum absolute atomic E-state index is 0.0205. The molecule has 3 aromatic rings. The maximum Gasteiger partial charge on any atom is 0.288 e. The first kappa shape index (κ1) is 28.4. The summed E-state index contributed by atoms with van der Waals surface area (Å²) in [4.78, 5) is 47.2. The van der Waals surface area contributed by atoms with Crippen molar-refractivity contribution in [3.8, 4) is 17.2 Å². The molecule has 3 N–H and O–H groups in total. The molecule has 3 rings (SSSR count). The normalized spacial score (nSPS) is 11.4. The van der Waals surface area contributed by atoms with E-state index in [1.54, 1.807) is 31.5 Å². The maximum atomic E-state index is 12.8. The molecule has 10 nitrogen and oxygen atoms in total. The first-order chi connectivity index (χ1) is 18.5. The molecule has 0 spiro atoms. The molecule has 2 aromatic heterocycles. The molecule has 0 fully saturated rings. The molecule has 202 valence electrons. The Balaban J connectivity index is 1.47. The van der Waals surface area contributed by atoms with E-state index in [2.05, 4.69) is 28.0 Å². The van der Waals surface area contributed by atoms with Crippen molar-refractivity contribution in [1.82, 2.24) is 21.1 Å². The first-order valence-corrected chi connectivity index (χ1v) is 12.6. The third-order valence-electron chi connectivity index (χ3n) is 5.79. The number of nitrogens with zero attached hydrogens (tertiary/aromatic N) is 1. The van der Waals surface area contributed by atoms with E-state index in [9.17, 15) is 14.4 Å². The van der Waals surface area contributed by atoms with Gasteiger partial charge in [0.15, 0.2) is 11.5 Å². The SMILES string of the molecule is CCCCC[C@H](CC(=O)NOCc1ccccc1)C(=O)NCNC(=O)c1ccc(-c2cc(OC)ccn2)o1. The molecule has 2 heterocycles. The van der Waals surface area contributed by atoms with Crippen LogP contribution < -0.4 is 20.9 Å². The summed E-state index contributed by atoms with van der Waals surface area (Å²) in [5.41, 5.74) is 3.86. The predicted molar refractivity (Wildman–Crippen MR) is 141 cm³/mol. The second kappa shape index (κ2) is 15.2. The van der Waals surface area contributed by atoms with Crippen molar-refractivity contribution in [3.05, 3.63) is 72.1 Å². The molecule has 10 heteroatoms. The third-order valence-corrected chi connectivity index (χ3v) is 5.79. The summed E-state index contributed by atoms with van der Waals surface area (Å²) < 4.78 is 10.8. The van der Waals surface area contributed by atoms with Gasteiger partial charge in [0.2, 0.25) is 11.8 Å². The second-order valence-electron chi connectivity index (χ2n) is 8.66. The number of methoxy groups -OCH3 is 1. The Morgan fingerprint density at radius 2 is 1.84 bits per heavy atom. The number of rotatable bonds is 15. The lowest BCUT2D eigenvalue weighted by molar-refractivity contribution is -0.139. The highest BCUT2D eigenvalue weighted by Crippen LogP contribution is 2.23. The number of benzene rings is 1. The van der Waals surface area contributed by atoms with Gasteiger partial charge in [-0.05, 0) is 30.2 Å². The van der Waals surface area contributed by atoms with Gasteiger partial charge in [-0.1, -0.05) is 56.5 Å². The van der Waals surface area contributed by atoms with Crippen molar-refractivity contribution in [2.24, 2.45) is 5.92 Å². The molecular weight excluding hydrogens is 488 g/mol. The topological polar surface area (TPSA) is 132 Å². The molecule has 3 amide bonds. The number of unbranched alkanes of at least 4 members (excludes halogenated alkanes) is 2. The third kappa shape index (κ3) is 9.04. The van der Waals surface area contributed by atoms with Gasteiger partial charge >= 0.3 is 0 Å². The molecule has 0 radical (unpaired) electrons. The fourth-order valence-corrected chi connectivity index (χ4v) is 3.72. The van der Waals surface area contributed by atoms with Crippen LogP contribution in [-0.2, 0) is 21.0 Å². The van der Waals surface area contributed by atoms with Crippen LogP contribution in [0, 0.1) is 5.92 Å². The highest BCUT2D eigenvalue weighted by atomic mass is 16.6. The van der Waals surface area contributed by atoms with Gasteiger partial charge in [0, 0.05) is 24.6 Å². The molecule has 1 aromatic carbocycles. The van der Waals surface area contributed by atoms with Crippen LogP contribution in [0.1, 0.15) is 55.1 Å². The Kier molecular flexibility index (Phi) is 11.3. The van der Waals surface area contributed by atoms with Gasteiger partial charge in [0.1, 0.15) is 11.4 Å². The summed E-state index contributed by atoms with van der Waals surface area (Å²) >= 11 is 0. The molecule has 0 aliphatic carbocycles. The lowest BCUT2D eigenvalue weighted by atomic mass is 9.96. The van der Waals surface area contributed by atoms with Gasteiger partial charge in [-0.25, -0.2) is 5.48 Å². The minimum Gasteiger partial charge on any atom is -0.497 e. The summed E-state index contributed by atoms with van der Waals surface area (Å²) in [6.45, 7) is 2.19. The van der Waals surface area contributed by atoms with Crippen molar-refractivity contribution < 1.29 is 28.4 Å². The molecule has 0 saturated heterocycles. The monoisotopic (exact) mass is 522 g/mol. The van der Waals surface area contributed by atoms with E-state index in [1.165, 1.54) is 6.07 Å². The number of carbonyl (C=O) groups excluding carboxylic acids is 3. The molecule has 1 atom stereocenters. The number of furan rings is 1. The van der Waals surface area contributed by atoms with Crippen molar-refractivity contribution in [1.29, 1.82) is 0 Å². The first-order valence-electron chi connectivity index (χ1n) is 12.6. The molecule has 0 bridgehead atoms. The van der Waals surface area contributed by atoms with Crippen molar-refractivity contribution in [3.63, 3.8) is 0 Å². The van der Waals surface area contributed by atoms with E-state index >= 15 is 0 Å². The molecular formula is C28H34N4O6. The molecule has 0 aliphatic heterocycles. The number of carbonyl (C=O) groups is 3. The number of ether oxygens (including phenoxy) is 1. The largest absolute Gasteiger partial charge is 0.497 e. The average Bonchev–Trinajstić information content (AvgIpc) is 3.44. The highest BCUT2D eigenvalue weighted by Gasteiger charge is 2.22. The van der Waals surface area contributed by atoms with Crippen LogP contribution in [0.2, 0.25) is 0 Å². The Labute approximate surface area is 222 Å². The van der Waals surface area contributed by atoms with E-state index in [-0.39, 0.29) is 37.3 Å². The van der Waals surface area contributed by atoms with Crippen molar-refractivity contribution in [2.45, 2.75) is 45.6 Å². The van der Waals surface area contributed by atoms with Crippen LogP contribution in [0.3, 0.4) is 0 Å². The lowest BCUT2D eigenvalue weighted by Gasteiger charge is -2.17. The average molecular weight is 523 g/mol. The fourth-order valence-electron chi connectivity index (χ4n) is 3.72. The van der Waals surface area contributed by atoms with Crippen LogP contribution in [0.15, 0.2) is 65.2 Å². The molecule has 38 heavy (non-hydrogen) atoms. The number of pyridine rings is 1. The maximum absolute atomic E-state index is 12.8.